The fourth-order valence-corrected chi connectivity index (χ4v) is 2.21. The highest BCUT2D eigenvalue weighted by molar-refractivity contribution is 5.83. The van der Waals surface area contributed by atoms with Crippen LogP contribution >= 0.6 is 0 Å². The van der Waals surface area contributed by atoms with Crippen LogP contribution in [0, 0.1) is 0 Å². The van der Waals surface area contributed by atoms with Gasteiger partial charge in [-0.1, -0.05) is 36.4 Å². The number of hydrogen-bond acceptors (Lipinski definition) is 3. The number of ether oxygens (including phenoxy) is 1. The van der Waals surface area contributed by atoms with E-state index in [0.717, 1.165) is 5.56 Å². The van der Waals surface area contributed by atoms with Crippen LogP contribution in [0.3, 0.4) is 0 Å². The second-order valence-electron chi connectivity index (χ2n) is 6.30. The van der Waals surface area contributed by atoms with Gasteiger partial charge < -0.3 is 10.1 Å². The summed E-state index contributed by atoms with van der Waals surface area (Å²) in [6, 6.07) is 14.7. The predicted octanol–water partition coefficient (Wildman–Crippen LogP) is 3.83. The van der Waals surface area contributed by atoms with Crippen LogP contribution in [-0.4, -0.2) is 18.1 Å². The quantitative estimate of drug-likeness (QED) is 0.868. The van der Waals surface area contributed by atoms with Crippen molar-refractivity contribution in [2.75, 3.05) is 6.54 Å². The van der Waals surface area contributed by atoms with E-state index in [-0.39, 0.29) is 18.6 Å². The minimum Gasteiger partial charge on any atom is -0.459 e. The SMILES string of the molecule is CC(NCC(=O)OC(C)(C)C)c1ccc2ccccc2c1. The minimum atomic E-state index is -0.440. The number of carbonyl (C=O) groups is 1. The molecule has 1 N–H and O–H groups in total. The van der Waals surface area contributed by atoms with Crippen LogP contribution in [-0.2, 0) is 9.53 Å². The van der Waals surface area contributed by atoms with Crippen LogP contribution in [0.4, 0.5) is 0 Å². The van der Waals surface area contributed by atoms with Crippen molar-refractivity contribution in [3.8, 4) is 0 Å². The summed E-state index contributed by atoms with van der Waals surface area (Å²) < 4.78 is 5.29. The summed E-state index contributed by atoms with van der Waals surface area (Å²) in [7, 11) is 0. The van der Waals surface area contributed by atoms with Crippen molar-refractivity contribution in [2.45, 2.75) is 39.3 Å². The predicted molar refractivity (Wildman–Crippen MR) is 86.2 cm³/mol. The lowest BCUT2D eigenvalue weighted by Crippen LogP contribution is -2.32. The van der Waals surface area contributed by atoms with Gasteiger partial charge in [-0.05, 0) is 50.1 Å². The van der Waals surface area contributed by atoms with Crippen LogP contribution in [0.2, 0.25) is 0 Å². The molecule has 3 heteroatoms. The fourth-order valence-electron chi connectivity index (χ4n) is 2.21. The molecule has 3 nitrogen and oxygen atoms in total. The molecule has 0 saturated carbocycles. The van der Waals surface area contributed by atoms with Crippen molar-refractivity contribution in [2.24, 2.45) is 0 Å². The molecule has 0 heterocycles. The first-order chi connectivity index (χ1) is 9.85. The van der Waals surface area contributed by atoms with Crippen molar-refractivity contribution >= 4 is 16.7 Å². The minimum absolute atomic E-state index is 0.0992. The molecule has 0 amide bonds. The van der Waals surface area contributed by atoms with Gasteiger partial charge in [-0.25, -0.2) is 0 Å². The van der Waals surface area contributed by atoms with Gasteiger partial charge in [0.2, 0.25) is 0 Å². The Morgan fingerprint density at radius 1 is 1.14 bits per heavy atom. The van der Waals surface area contributed by atoms with Gasteiger partial charge in [0.15, 0.2) is 0 Å². The maximum atomic E-state index is 11.7. The fraction of sp³-hybridized carbons (Fsp3) is 0.389. The summed E-state index contributed by atoms with van der Waals surface area (Å²) in [4.78, 5) is 11.7. The summed E-state index contributed by atoms with van der Waals surface area (Å²) >= 11 is 0. The summed E-state index contributed by atoms with van der Waals surface area (Å²) in [5, 5.41) is 5.64. The monoisotopic (exact) mass is 285 g/mol. The summed E-state index contributed by atoms with van der Waals surface area (Å²) in [6.07, 6.45) is 0. The van der Waals surface area contributed by atoms with E-state index in [9.17, 15) is 4.79 Å². The maximum Gasteiger partial charge on any atom is 0.320 e. The number of rotatable bonds is 4. The number of nitrogens with one attached hydrogen (secondary N) is 1. The molecule has 0 spiro atoms. The first kappa shape index (κ1) is 15.5. The Kier molecular flexibility index (Phi) is 4.63. The Labute approximate surface area is 126 Å². The summed E-state index contributed by atoms with van der Waals surface area (Å²) in [6.45, 7) is 7.88. The Morgan fingerprint density at radius 3 is 2.48 bits per heavy atom. The zero-order valence-corrected chi connectivity index (χ0v) is 13.1. The molecular weight excluding hydrogens is 262 g/mol. The smallest absolute Gasteiger partial charge is 0.320 e. The van der Waals surface area contributed by atoms with Crippen molar-refractivity contribution in [3.05, 3.63) is 48.0 Å². The van der Waals surface area contributed by atoms with E-state index in [2.05, 4.69) is 42.6 Å². The molecule has 0 aliphatic carbocycles. The lowest BCUT2D eigenvalue weighted by molar-refractivity contribution is -0.153. The maximum absolute atomic E-state index is 11.7. The first-order valence-electron chi connectivity index (χ1n) is 7.29. The zero-order chi connectivity index (χ0) is 15.5. The van der Waals surface area contributed by atoms with Gasteiger partial charge in [0.25, 0.3) is 0 Å². The molecule has 112 valence electrons. The number of hydrogen-bond donors (Lipinski definition) is 1. The van der Waals surface area contributed by atoms with Gasteiger partial charge in [0, 0.05) is 6.04 Å². The standard InChI is InChI=1S/C18H23NO2/c1-13(19-12-17(20)21-18(2,3)4)15-10-9-14-7-5-6-8-16(14)11-15/h5-11,13,19H,12H2,1-4H3. The zero-order valence-electron chi connectivity index (χ0n) is 13.1. The van der Waals surface area contributed by atoms with E-state index in [1.165, 1.54) is 10.8 Å². The molecule has 0 bridgehead atoms. The molecule has 2 aromatic rings. The van der Waals surface area contributed by atoms with E-state index in [1.807, 2.05) is 32.9 Å². The average Bonchev–Trinajstić information content (AvgIpc) is 2.42. The Hall–Kier alpha value is -1.87. The second-order valence-corrected chi connectivity index (χ2v) is 6.30. The van der Waals surface area contributed by atoms with Crippen molar-refractivity contribution < 1.29 is 9.53 Å². The lowest BCUT2D eigenvalue weighted by Gasteiger charge is -2.21. The van der Waals surface area contributed by atoms with Crippen LogP contribution < -0.4 is 5.32 Å². The van der Waals surface area contributed by atoms with Gasteiger partial charge in [-0.2, -0.15) is 0 Å². The topological polar surface area (TPSA) is 38.3 Å². The normalized spacial score (nSPS) is 13.1. The van der Waals surface area contributed by atoms with Crippen LogP contribution in [0.5, 0.6) is 0 Å². The van der Waals surface area contributed by atoms with E-state index >= 15 is 0 Å². The highest BCUT2D eigenvalue weighted by Crippen LogP contribution is 2.20. The van der Waals surface area contributed by atoms with Crippen LogP contribution in [0.15, 0.2) is 42.5 Å². The molecular formula is C18H23NO2. The molecule has 1 unspecified atom stereocenters. The van der Waals surface area contributed by atoms with E-state index in [0.29, 0.717) is 0 Å². The van der Waals surface area contributed by atoms with Crippen LogP contribution in [0.25, 0.3) is 10.8 Å². The Bertz CT molecular complexity index is 628. The molecule has 0 saturated heterocycles. The van der Waals surface area contributed by atoms with Gasteiger partial charge in [-0.3, -0.25) is 4.79 Å². The lowest BCUT2D eigenvalue weighted by atomic mass is 10.0. The first-order valence-corrected chi connectivity index (χ1v) is 7.29. The molecule has 1 atom stereocenters. The average molecular weight is 285 g/mol. The summed E-state index contributed by atoms with van der Waals surface area (Å²) in [5.41, 5.74) is 0.725. The second kappa shape index (κ2) is 6.27. The van der Waals surface area contributed by atoms with Crippen molar-refractivity contribution in [1.29, 1.82) is 0 Å². The third kappa shape index (κ3) is 4.57. The molecule has 2 aromatic carbocycles. The molecule has 0 aromatic heterocycles. The molecule has 0 radical (unpaired) electrons. The van der Waals surface area contributed by atoms with Gasteiger partial charge in [-0.15, -0.1) is 0 Å². The van der Waals surface area contributed by atoms with Crippen LogP contribution in [0.1, 0.15) is 39.3 Å². The third-order valence-corrected chi connectivity index (χ3v) is 3.25. The highest BCUT2D eigenvalue weighted by Gasteiger charge is 2.16. The van der Waals surface area contributed by atoms with E-state index < -0.39 is 5.60 Å². The van der Waals surface area contributed by atoms with Crippen molar-refractivity contribution in [3.63, 3.8) is 0 Å². The van der Waals surface area contributed by atoms with Gasteiger partial charge in [0.05, 0.1) is 6.54 Å². The number of benzene rings is 2. The molecule has 0 fully saturated rings. The molecule has 0 aliphatic heterocycles. The molecule has 0 aliphatic rings. The number of fused-ring (bicyclic) bond motifs is 1. The molecule has 21 heavy (non-hydrogen) atoms. The number of esters is 1. The van der Waals surface area contributed by atoms with E-state index in [1.54, 1.807) is 0 Å². The largest absolute Gasteiger partial charge is 0.459 e. The molecule has 2 rings (SSSR count). The van der Waals surface area contributed by atoms with E-state index in [4.69, 9.17) is 4.74 Å². The van der Waals surface area contributed by atoms with Gasteiger partial charge >= 0.3 is 5.97 Å². The van der Waals surface area contributed by atoms with Crippen molar-refractivity contribution in [1.82, 2.24) is 5.32 Å². The summed E-state index contributed by atoms with van der Waals surface area (Å²) in [5.74, 6) is -0.227. The number of carbonyl (C=O) groups excluding carboxylic acids is 1. The Balaban J connectivity index is 1.99. The highest BCUT2D eigenvalue weighted by atomic mass is 16.6. The Morgan fingerprint density at radius 2 is 1.81 bits per heavy atom. The van der Waals surface area contributed by atoms with Gasteiger partial charge in [0.1, 0.15) is 5.60 Å². The third-order valence-electron chi connectivity index (χ3n) is 3.25.